The van der Waals surface area contributed by atoms with Crippen molar-refractivity contribution in [1.29, 1.82) is 0 Å². The van der Waals surface area contributed by atoms with E-state index in [1.165, 1.54) is 34.9 Å². The number of benzene rings is 1. The highest BCUT2D eigenvalue weighted by molar-refractivity contribution is 7.99. The molecule has 2 rings (SSSR count). The summed E-state index contributed by atoms with van der Waals surface area (Å²) in [7, 11) is 0. The molecule has 18 heavy (non-hydrogen) atoms. The number of nitrogens with zero attached hydrogens (tertiary/aromatic N) is 1. The lowest BCUT2D eigenvalue weighted by Crippen LogP contribution is -2.35. The smallest absolute Gasteiger partial charge is 0.0470 e. The van der Waals surface area contributed by atoms with E-state index in [-0.39, 0.29) is 0 Å². The fourth-order valence-corrected chi connectivity index (χ4v) is 3.71. The molecule has 2 N–H and O–H groups in total. The fourth-order valence-electron chi connectivity index (χ4n) is 2.40. The number of hydrogen-bond acceptors (Lipinski definition) is 4. The van der Waals surface area contributed by atoms with Crippen LogP contribution in [0.25, 0.3) is 0 Å². The van der Waals surface area contributed by atoms with Crippen LogP contribution in [0.1, 0.15) is 18.0 Å². The highest BCUT2D eigenvalue weighted by Gasteiger charge is 2.20. The van der Waals surface area contributed by atoms with E-state index in [1.54, 1.807) is 11.8 Å². The molecule has 1 aliphatic rings. The van der Waals surface area contributed by atoms with Crippen molar-refractivity contribution in [3.63, 3.8) is 0 Å². The third-order valence-corrected chi connectivity index (χ3v) is 5.21. The molecular weight excluding hydrogens is 260 g/mol. The minimum atomic E-state index is 0.389. The predicted molar refractivity (Wildman–Crippen MR) is 83.5 cm³/mol. The normalized spacial score (nSPS) is 19.4. The molecule has 0 aliphatic carbocycles. The SMILES string of the molecule is CSc1ccc(C(CN)N2CCCSCC2)cc1. The van der Waals surface area contributed by atoms with Gasteiger partial charge in [-0.15, -0.1) is 11.8 Å². The third kappa shape index (κ3) is 3.67. The fraction of sp³-hybridized carbons (Fsp3) is 0.571. The summed E-state index contributed by atoms with van der Waals surface area (Å²) in [6.45, 7) is 3.05. The van der Waals surface area contributed by atoms with Crippen molar-refractivity contribution in [3.05, 3.63) is 29.8 Å². The Bertz CT molecular complexity index is 345. The van der Waals surface area contributed by atoms with Gasteiger partial charge in [-0.05, 0) is 42.7 Å². The highest BCUT2D eigenvalue weighted by atomic mass is 32.2. The number of hydrogen-bond donors (Lipinski definition) is 1. The molecule has 0 amide bonds. The molecule has 1 atom stereocenters. The van der Waals surface area contributed by atoms with Gasteiger partial charge in [0.15, 0.2) is 0 Å². The Balaban J connectivity index is 2.10. The predicted octanol–water partition coefficient (Wildman–Crippen LogP) is 2.85. The van der Waals surface area contributed by atoms with Gasteiger partial charge in [0.1, 0.15) is 0 Å². The second-order valence-electron chi connectivity index (χ2n) is 4.53. The molecular formula is C14H22N2S2. The molecule has 1 fully saturated rings. The quantitative estimate of drug-likeness (QED) is 0.860. The van der Waals surface area contributed by atoms with Crippen LogP contribution in [0, 0.1) is 0 Å². The lowest BCUT2D eigenvalue weighted by molar-refractivity contribution is 0.218. The van der Waals surface area contributed by atoms with Crippen LogP contribution in [-0.2, 0) is 0 Å². The zero-order valence-electron chi connectivity index (χ0n) is 11.0. The Hall–Kier alpha value is -0.160. The molecule has 1 aromatic carbocycles. The van der Waals surface area contributed by atoms with Gasteiger partial charge in [0, 0.05) is 29.8 Å². The van der Waals surface area contributed by atoms with Gasteiger partial charge in [-0.2, -0.15) is 11.8 Å². The van der Waals surface area contributed by atoms with Gasteiger partial charge in [0.05, 0.1) is 0 Å². The summed E-state index contributed by atoms with van der Waals surface area (Å²) in [5.74, 6) is 2.53. The number of thioether (sulfide) groups is 2. The van der Waals surface area contributed by atoms with Crippen LogP contribution in [0.5, 0.6) is 0 Å². The van der Waals surface area contributed by atoms with Crippen molar-refractivity contribution < 1.29 is 0 Å². The summed E-state index contributed by atoms with van der Waals surface area (Å²) in [5, 5.41) is 0. The highest BCUT2D eigenvalue weighted by Crippen LogP contribution is 2.25. The summed E-state index contributed by atoms with van der Waals surface area (Å²) in [4.78, 5) is 3.87. The van der Waals surface area contributed by atoms with E-state index in [4.69, 9.17) is 5.73 Å². The largest absolute Gasteiger partial charge is 0.329 e. The number of rotatable bonds is 4. The Labute approximate surface area is 119 Å². The van der Waals surface area contributed by atoms with Crippen molar-refractivity contribution in [2.75, 3.05) is 37.4 Å². The molecule has 1 aliphatic heterocycles. The minimum Gasteiger partial charge on any atom is -0.329 e. The minimum absolute atomic E-state index is 0.389. The topological polar surface area (TPSA) is 29.3 Å². The Kier molecular flexibility index (Phi) is 5.89. The second kappa shape index (κ2) is 7.43. The number of nitrogens with two attached hydrogens (primary N) is 1. The van der Waals surface area contributed by atoms with Gasteiger partial charge in [-0.1, -0.05) is 12.1 Å². The lowest BCUT2D eigenvalue weighted by Gasteiger charge is -2.29. The Morgan fingerprint density at radius 2 is 2.06 bits per heavy atom. The summed E-state index contributed by atoms with van der Waals surface area (Å²) < 4.78 is 0. The van der Waals surface area contributed by atoms with Gasteiger partial charge < -0.3 is 5.73 Å². The molecule has 0 bridgehead atoms. The van der Waals surface area contributed by atoms with Crippen LogP contribution < -0.4 is 5.73 Å². The van der Waals surface area contributed by atoms with E-state index >= 15 is 0 Å². The maximum Gasteiger partial charge on any atom is 0.0470 e. The summed E-state index contributed by atoms with van der Waals surface area (Å²) in [6, 6.07) is 9.27. The monoisotopic (exact) mass is 282 g/mol. The second-order valence-corrected chi connectivity index (χ2v) is 6.63. The average Bonchev–Trinajstić information content (AvgIpc) is 2.70. The van der Waals surface area contributed by atoms with Crippen LogP contribution in [0.15, 0.2) is 29.2 Å². The van der Waals surface area contributed by atoms with Gasteiger partial charge in [-0.25, -0.2) is 0 Å². The van der Waals surface area contributed by atoms with Crippen LogP contribution in [0.4, 0.5) is 0 Å². The first-order chi connectivity index (χ1) is 8.85. The summed E-state index contributed by atoms with van der Waals surface area (Å²) in [6.07, 6.45) is 3.39. The van der Waals surface area contributed by atoms with E-state index in [9.17, 15) is 0 Å². The van der Waals surface area contributed by atoms with E-state index in [0.717, 1.165) is 6.54 Å². The summed E-state index contributed by atoms with van der Waals surface area (Å²) in [5.41, 5.74) is 7.37. The third-order valence-electron chi connectivity index (χ3n) is 3.42. The van der Waals surface area contributed by atoms with Gasteiger partial charge in [0.2, 0.25) is 0 Å². The molecule has 1 aromatic rings. The zero-order chi connectivity index (χ0) is 12.8. The van der Waals surface area contributed by atoms with E-state index in [0.29, 0.717) is 12.6 Å². The van der Waals surface area contributed by atoms with Crippen molar-refractivity contribution in [3.8, 4) is 0 Å². The lowest BCUT2D eigenvalue weighted by atomic mass is 10.1. The summed E-state index contributed by atoms with van der Waals surface area (Å²) >= 11 is 3.85. The Morgan fingerprint density at radius 1 is 1.28 bits per heavy atom. The first kappa shape index (κ1) is 14.3. The van der Waals surface area contributed by atoms with Crippen molar-refractivity contribution in [2.45, 2.75) is 17.4 Å². The van der Waals surface area contributed by atoms with Crippen molar-refractivity contribution >= 4 is 23.5 Å². The molecule has 1 saturated heterocycles. The molecule has 1 heterocycles. The zero-order valence-corrected chi connectivity index (χ0v) is 12.6. The van der Waals surface area contributed by atoms with E-state index in [1.807, 2.05) is 0 Å². The van der Waals surface area contributed by atoms with Crippen molar-refractivity contribution in [2.24, 2.45) is 5.73 Å². The van der Waals surface area contributed by atoms with Crippen LogP contribution in [0.2, 0.25) is 0 Å². The molecule has 0 radical (unpaired) electrons. The van der Waals surface area contributed by atoms with Gasteiger partial charge in [0.25, 0.3) is 0 Å². The Morgan fingerprint density at radius 3 is 2.72 bits per heavy atom. The van der Waals surface area contributed by atoms with Gasteiger partial charge in [-0.3, -0.25) is 4.90 Å². The first-order valence-electron chi connectivity index (χ1n) is 6.51. The molecule has 0 spiro atoms. The molecule has 0 saturated carbocycles. The van der Waals surface area contributed by atoms with Crippen molar-refractivity contribution in [1.82, 2.24) is 4.90 Å². The molecule has 4 heteroatoms. The van der Waals surface area contributed by atoms with Crippen LogP contribution in [0.3, 0.4) is 0 Å². The standard InChI is InChI=1S/C14H22N2S2/c1-17-13-5-3-12(4-6-13)14(11-15)16-7-2-9-18-10-8-16/h3-6,14H,2,7-11,15H2,1H3. The first-order valence-corrected chi connectivity index (χ1v) is 8.89. The van der Waals surface area contributed by atoms with E-state index < -0.39 is 0 Å². The molecule has 2 nitrogen and oxygen atoms in total. The maximum atomic E-state index is 6.00. The molecule has 1 unspecified atom stereocenters. The van der Waals surface area contributed by atoms with Crippen LogP contribution >= 0.6 is 23.5 Å². The van der Waals surface area contributed by atoms with Crippen LogP contribution in [-0.4, -0.2) is 42.3 Å². The van der Waals surface area contributed by atoms with Gasteiger partial charge >= 0.3 is 0 Å². The molecule has 0 aromatic heterocycles. The van der Waals surface area contributed by atoms with E-state index in [2.05, 4.69) is 47.2 Å². The molecule has 100 valence electrons. The maximum absolute atomic E-state index is 6.00. The average molecular weight is 282 g/mol.